The molecule has 1 N–H and O–H groups in total. The third-order valence-electron chi connectivity index (χ3n) is 2.33. The van der Waals surface area contributed by atoms with Gasteiger partial charge in [-0.15, -0.1) is 0 Å². The molecule has 0 spiro atoms. The van der Waals surface area contributed by atoms with Crippen LogP contribution in [0.4, 0.5) is 0 Å². The highest BCUT2D eigenvalue weighted by molar-refractivity contribution is 4.93. The van der Waals surface area contributed by atoms with Gasteiger partial charge in [-0.3, -0.25) is 5.32 Å². The third-order valence-corrected chi connectivity index (χ3v) is 2.33. The Hall–Kier alpha value is -0.590. The largest absolute Gasteiger partial charge is 0.383 e. The lowest BCUT2D eigenvalue weighted by atomic mass is 9.95. The molecule has 1 unspecified atom stereocenters. The van der Waals surface area contributed by atoms with Gasteiger partial charge in [-0.2, -0.15) is 5.26 Å². The van der Waals surface area contributed by atoms with Crippen molar-refractivity contribution < 1.29 is 4.74 Å². The van der Waals surface area contributed by atoms with Crippen LogP contribution in [-0.2, 0) is 4.74 Å². The molecule has 0 aliphatic carbocycles. The first-order valence-electron chi connectivity index (χ1n) is 4.92. The predicted octanol–water partition coefficient (Wildman–Crippen LogP) is 1.55. The monoisotopic (exact) mass is 184 g/mol. The lowest BCUT2D eigenvalue weighted by molar-refractivity contribution is 0.194. The number of rotatable bonds is 7. The summed E-state index contributed by atoms with van der Waals surface area (Å²) < 4.78 is 4.91. The first kappa shape index (κ1) is 12.4. The molecule has 0 saturated carbocycles. The maximum Gasteiger partial charge on any atom is 0.0982 e. The molecule has 0 heterocycles. The molecule has 3 heteroatoms. The van der Waals surface area contributed by atoms with E-state index in [4.69, 9.17) is 10.00 Å². The highest BCUT2D eigenvalue weighted by Gasteiger charge is 2.16. The summed E-state index contributed by atoms with van der Waals surface area (Å²) in [6.07, 6.45) is 2.10. The highest BCUT2D eigenvalue weighted by atomic mass is 16.5. The SMILES string of the molecule is CCC(CC)C(C#N)NCCOC. The molecule has 0 rings (SSSR count). The van der Waals surface area contributed by atoms with E-state index in [0.29, 0.717) is 12.5 Å². The standard InChI is InChI=1S/C10H20N2O/c1-4-9(5-2)10(8-11)12-6-7-13-3/h9-10,12H,4-7H2,1-3H3. The van der Waals surface area contributed by atoms with Gasteiger partial charge in [-0.1, -0.05) is 26.7 Å². The number of hydrogen-bond acceptors (Lipinski definition) is 3. The van der Waals surface area contributed by atoms with Crippen molar-refractivity contribution in [2.45, 2.75) is 32.7 Å². The number of nitriles is 1. The zero-order chi connectivity index (χ0) is 10.1. The Kier molecular flexibility index (Phi) is 7.66. The molecule has 0 amide bonds. The van der Waals surface area contributed by atoms with Crippen LogP contribution in [0.5, 0.6) is 0 Å². The molecule has 0 fully saturated rings. The quantitative estimate of drug-likeness (QED) is 0.611. The highest BCUT2D eigenvalue weighted by Crippen LogP contribution is 2.12. The molecule has 13 heavy (non-hydrogen) atoms. The summed E-state index contributed by atoms with van der Waals surface area (Å²) >= 11 is 0. The Labute approximate surface area is 81.1 Å². The van der Waals surface area contributed by atoms with Gasteiger partial charge >= 0.3 is 0 Å². The second-order valence-electron chi connectivity index (χ2n) is 3.13. The second-order valence-corrected chi connectivity index (χ2v) is 3.13. The van der Waals surface area contributed by atoms with Crippen LogP contribution in [0.2, 0.25) is 0 Å². The van der Waals surface area contributed by atoms with Gasteiger partial charge in [0, 0.05) is 13.7 Å². The molecule has 1 atom stereocenters. The molecule has 3 nitrogen and oxygen atoms in total. The number of nitrogens with zero attached hydrogens (tertiary/aromatic N) is 1. The van der Waals surface area contributed by atoms with E-state index in [0.717, 1.165) is 19.4 Å². The molecule has 76 valence electrons. The van der Waals surface area contributed by atoms with Crippen molar-refractivity contribution in [1.29, 1.82) is 5.26 Å². The Bertz CT molecular complexity index is 149. The van der Waals surface area contributed by atoms with E-state index < -0.39 is 0 Å². The van der Waals surface area contributed by atoms with Gasteiger partial charge in [0.05, 0.1) is 18.7 Å². The maximum absolute atomic E-state index is 8.90. The summed E-state index contributed by atoms with van der Waals surface area (Å²) in [7, 11) is 1.67. The smallest absolute Gasteiger partial charge is 0.0982 e. The summed E-state index contributed by atoms with van der Waals surface area (Å²) in [5, 5.41) is 12.1. The predicted molar refractivity (Wildman–Crippen MR) is 53.4 cm³/mol. The zero-order valence-corrected chi connectivity index (χ0v) is 8.84. The number of nitrogens with one attached hydrogen (secondary N) is 1. The van der Waals surface area contributed by atoms with Crippen molar-refractivity contribution in [3.63, 3.8) is 0 Å². The van der Waals surface area contributed by atoms with Gasteiger partial charge in [-0.25, -0.2) is 0 Å². The van der Waals surface area contributed by atoms with Crippen LogP contribution in [0.3, 0.4) is 0 Å². The Morgan fingerprint density at radius 3 is 2.38 bits per heavy atom. The van der Waals surface area contributed by atoms with E-state index in [2.05, 4.69) is 25.2 Å². The van der Waals surface area contributed by atoms with E-state index >= 15 is 0 Å². The Morgan fingerprint density at radius 2 is 2.00 bits per heavy atom. The molecule has 0 aliphatic heterocycles. The van der Waals surface area contributed by atoms with Crippen molar-refractivity contribution in [2.75, 3.05) is 20.3 Å². The fraction of sp³-hybridized carbons (Fsp3) is 0.900. The fourth-order valence-corrected chi connectivity index (χ4v) is 1.39. The van der Waals surface area contributed by atoms with Gasteiger partial charge in [0.15, 0.2) is 0 Å². The van der Waals surface area contributed by atoms with E-state index in [1.165, 1.54) is 0 Å². The van der Waals surface area contributed by atoms with Crippen LogP contribution in [0.15, 0.2) is 0 Å². The van der Waals surface area contributed by atoms with Crippen molar-refractivity contribution in [3.05, 3.63) is 0 Å². The molecular formula is C10H20N2O. The van der Waals surface area contributed by atoms with Crippen molar-refractivity contribution in [2.24, 2.45) is 5.92 Å². The minimum atomic E-state index is -0.0230. The van der Waals surface area contributed by atoms with Crippen LogP contribution >= 0.6 is 0 Å². The minimum Gasteiger partial charge on any atom is -0.383 e. The average molecular weight is 184 g/mol. The van der Waals surface area contributed by atoms with Crippen LogP contribution < -0.4 is 5.32 Å². The van der Waals surface area contributed by atoms with Gasteiger partial charge in [0.25, 0.3) is 0 Å². The lowest BCUT2D eigenvalue weighted by Crippen LogP contribution is -2.36. The Morgan fingerprint density at radius 1 is 1.38 bits per heavy atom. The molecule has 0 bridgehead atoms. The third kappa shape index (κ3) is 4.87. The maximum atomic E-state index is 8.90. The number of hydrogen-bond donors (Lipinski definition) is 1. The molecule has 0 aromatic heterocycles. The van der Waals surface area contributed by atoms with E-state index in [-0.39, 0.29) is 6.04 Å². The van der Waals surface area contributed by atoms with E-state index in [1.54, 1.807) is 7.11 Å². The lowest BCUT2D eigenvalue weighted by Gasteiger charge is -2.19. The van der Waals surface area contributed by atoms with E-state index in [1.807, 2.05) is 0 Å². The molecule has 0 aromatic carbocycles. The summed E-state index contributed by atoms with van der Waals surface area (Å²) in [6, 6.07) is 2.27. The van der Waals surface area contributed by atoms with Gasteiger partial charge in [0.2, 0.25) is 0 Å². The van der Waals surface area contributed by atoms with Crippen molar-refractivity contribution in [1.82, 2.24) is 5.32 Å². The molecule has 0 radical (unpaired) electrons. The first-order chi connectivity index (χ1) is 6.29. The minimum absolute atomic E-state index is 0.0230. The zero-order valence-electron chi connectivity index (χ0n) is 8.84. The average Bonchev–Trinajstić information content (AvgIpc) is 2.17. The van der Waals surface area contributed by atoms with Gasteiger partial charge in [0.1, 0.15) is 0 Å². The van der Waals surface area contributed by atoms with Gasteiger partial charge < -0.3 is 4.74 Å². The number of methoxy groups -OCH3 is 1. The van der Waals surface area contributed by atoms with Crippen LogP contribution in [-0.4, -0.2) is 26.3 Å². The van der Waals surface area contributed by atoms with Crippen LogP contribution in [0.25, 0.3) is 0 Å². The van der Waals surface area contributed by atoms with E-state index in [9.17, 15) is 0 Å². The van der Waals surface area contributed by atoms with Crippen LogP contribution in [0.1, 0.15) is 26.7 Å². The summed E-state index contributed by atoms with van der Waals surface area (Å²) in [5.74, 6) is 0.460. The van der Waals surface area contributed by atoms with Gasteiger partial charge in [-0.05, 0) is 5.92 Å². The van der Waals surface area contributed by atoms with Crippen molar-refractivity contribution >= 4 is 0 Å². The van der Waals surface area contributed by atoms with Crippen molar-refractivity contribution in [3.8, 4) is 6.07 Å². The number of ether oxygens (including phenoxy) is 1. The van der Waals surface area contributed by atoms with Crippen LogP contribution in [0, 0.1) is 17.2 Å². The topological polar surface area (TPSA) is 45.0 Å². The second kappa shape index (κ2) is 8.03. The summed E-state index contributed by atoms with van der Waals surface area (Å²) in [4.78, 5) is 0. The molecule has 0 saturated heterocycles. The summed E-state index contributed by atoms with van der Waals surface area (Å²) in [5.41, 5.74) is 0. The molecular weight excluding hydrogens is 164 g/mol. The molecule has 0 aromatic rings. The first-order valence-corrected chi connectivity index (χ1v) is 4.92. The fourth-order valence-electron chi connectivity index (χ4n) is 1.39. The Balaban J connectivity index is 3.80. The molecule has 0 aliphatic rings. The summed E-state index contributed by atoms with van der Waals surface area (Å²) in [6.45, 7) is 5.66. The normalized spacial score (nSPS) is 12.8.